The van der Waals surface area contributed by atoms with E-state index in [1.165, 1.54) is 0 Å². The van der Waals surface area contributed by atoms with Gasteiger partial charge < -0.3 is 5.21 Å². The van der Waals surface area contributed by atoms with E-state index in [9.17, 15) is 13.2 Å². The molecule has 1 N–H and O–H groups in total. The topological polar surface area (TPSA) is 32.6 Å². The highest BCUT2D eigenvalue weighted by atomic mass is 19.3. The van der Waals surface area contributed by atoms with Crippen molar-refractivity contribution in [2.75, 3.05) is 6.67 Å². The van der Waals surface area contributed by atoms with Crippen molar-refractivity contribution < 1.29 is 18.4 Å². The lowest BCUT2D eigenvalue weighted by atomic mass is 10.4. The van der Waals surface area contributed by atoms with Crippen molar-refractivity contribution in [2.45, 2.75) is 5.92 Å². The molecule has 0 fully saturated rings. The van der Waals surface area contributed by atoms with E-state index in [-0.39, 0.29) is 6.21 Å². The molecule has 8 heavy (non-hydrogen) atoms. The van der Waals surface area contributed by atoms with Crippen molar-refractivity contribution in [3.63, 3.8) is 0 Å². The van der Waals surface area contributed by atoms with Crippen LogP contribution in [0.15, 0.2) is 5.16 Å². The summed E-state index contributed by atoms with van der Waals surface area (Å²) >= 11 is 0. The van der Waals surface area contributed by atoms with Crippen LogP contribution in [-0.4, -0.2) is 24.0 Å². The molecule has 0 unspecified atom stereocenters. The van der Waals surface area contributed by atoms with Crippen molar-refractivity contribution in [2.24, 2.45) is 5.16 Å². The van der Waals surface area contributed by atoms with Gasteiger partial charge in [-0.25, -0.2) is 4.39 Å². The SMILES string of the molecule is ON=CC(F)(F)CF. The molecule has 48 valence electrons. The van der Waals surface area contributed by atoms with Gasteiger partial charge in [0, 0.05) is 0 Å². The molecule has 0 rings (SSSR count). The smallest absolute Gasteiger partial charge is 0.314 e. The van der Waals surface area contributed by atoms with Crippen LogP contribution < -0.4 is 0 Å². The van der Waals surface area contributed by atoms with Gasteiger partial charge in [-0.3, -0.25) is 0 Å². The van der Waals surface area contributed by atoms with Crippen molar-refractivity contribution in [1.82, 2.24) is 0 Å². The van der Waals surface area contributed by atoms with Crippen LogP contribution in [0.1, 0.15) is 0 Å². The minimum atomic E-state index is -3.62. The Balaban J connectivity index is 3.71. The van der Waals surface area contributed by atoms with Gasteiger partial charge in [0.05, 0.1) is 0 Å². The summed E-state index contributed by atoms with van der Waals surface area (Å²) in [5.41, 5.74) is 0. The predicted octanol–water partition coefficient (Wildman–Crippen LogP) is 1.05. The van der Waals surface area contributed by atoms with Crippen LogP contribution in [0.3, 0.4) is 0 Å². The monoisotopic (exact) mass is 127 g/mol. The summed E-state index contributed by atoms with van der Waals surface area (Å²) in [6, 6.07) is 0. The summed E-state index contributed by atoms with van der Waals surface area (Å²) in [6.07, 6.45) is -0.160. The van der Waals surface area contributed by atoms with Gasteiger partial charge in [0.1, 0.15) is 6.21 Å². The lowest BCUT2D eigenvalue weighted by Crippen LogP contribution is -2.20. The highest BCUT2D eigenvalue weighted by molar-refractivity contribution is 5.65. The Morgan fingerprint density at radius 1 is 1.62 bits per heavy atom. The van der Waals surface area contributed by atoms with Gasteiger partial charge in [-0.2, -0.15) is 8.78 Å². The third-order valence-corrected chi connectivity index (χ3v) is 0.425. The van der Waals surface area contributed by atoms with E-state index in [0.717, 1.165) is 0 Å². The summed E-state index contributed by atoms with van der Waals surface area (Å²) < 4.78 is 33.9. The normalized spacial score (nSPS) is 12.9. The molecular formula is C3H4F3NO. The molecule has 0 saturated carbocycles. The fourth-order valence-corrected chi connectivity index (χ4v) is 0.119. The molecule has 0 aliphatic heterocycles. The molecule has 0 aromatic carbocycles. The van der Waals surface area contributed by atoms with Crippen molar-refractivity contribution >= 4 is 6.21 Å². The van der Waals surface area contributed by atoms with E-state index in [1.54, 1.807) is 0 Å². The molecule has 0 bridgehead atoms. The van der Waals surface area contributed by atoms with Gasteiger partial charge in [0.25, 0.3) is 0 Å². The summed E-state index contributed by atoms with van der Waals surface area (Å²) in [5, 5.41) is 9.42. The molecule has 0 aliphatic carbocycles. The summed E-state index contributed by atoms with van der Waals surface area (Å²) in [5.74, 6) is -3.62. The minimum absolute atomic E-state index is 0.160. The zero-order valence-corrected chi connectivity index (χ0v) is 3.81. The fraction of sp³-hybridized carbons (Fsp3) is 0.667. The van der Waals surface area contributed by atoms with Crippen LogP contribution in [0.5, 0.6) is 0 Å². The molecule has 5 heteroatoms. The highest BCUT2D eigenvalue weighted by Crippen LogP contribution is 2.09. The van der Waals surface area contributed by atoms with Crippen molar-refractivity contribution in [1.29, 1.82) is 0 Å². The number of hydrogen-bond acceptors (Lipinski definition) is 2. The maximum atomic E-state index is 11.5. The molecule has 0 spiro atoms. The summed E-state index contributed by atoms with van der Waals surface area (Å²) in [4.78, 5) is 0. The van der Waals surface area contributed by atoms with E-state index in [1.807, 2.05) is 5.16 Å². The second kappa shape index (κ2) is 2.54. The Bertz CT molecular complexity index is 92.5. The van der Waals surface area contributed by atoms with E-state index in [0.29, 0.717) is 0 Å². The van der Waals surface area contributed by atoms with Crippen LogP contribution in [-0.2, 0) is 0 Å². The molecule has 0 atom stereocenters. The number of rotatable bonds is 2. The van der Waals surface area contributed by atoms with Gasteiger partial charge in [-0.15, -0.1) is 0 Å². The standard InChI is InChI=1S/C3H4F3NO/c4-1-3(5,6)2-7-8/h2,8H,1H2. The number of oxime groups is 1. The summed E-state index contributed by atoms with van der Waals surface area (Å²) in [6.45, 7) is -1.84. The lowest BCUT2D eigenvalue weighted by molar-refractivity contribution is 0.0510. The first-order chi connectivity index (χ1) is 3.62. The van der Waals surface area contributed by atoms with Crippen LogP contribution in [0.4, 0.5) is 13.2 Å². The number of halogens is 3. The Morgan fingerprint density at radius 3 is 2.25 bits per heavy atom. The van der Waals surface area contributed by atoms with Gasteiger partial charge in [0.15, 0.2) is 6.67 Å². The van der Waals surface area contributed by atoms with E-state index in [4.69, 9.17) is 5.21 Å². The molecule has 0 heterocycles. The first-order valence-electron chi connectivity index (χ1n) is 1.75. The quantitative estimate of drug-likeness (QED) is 0.335. The van der Waals surface area contributed by atoms with Crippen LogP contribution >= 0.6 is 0 Å². The Morgan fingerprint density at radius 2 is 2.12 bits per heavy atom. The number of alkyl halides is 3. The van der Waals surface area contributed by atoms with Crippen LogP contribution in [0.2, 0.25) is 0 Å². The zero-order chi connectivity index (χ0) is 6.62. The van der Waals surface area contributed by atoms with Crippen molar-refractivity contribution in [3.05, 3.63) is 0 Å². The highest BCUT2D eigenvalue weighted by Gasteiger charge is 2.25. The van der Waals surface area contributed by atoms with E-state index < -0.39 is 12.6 Å². The summed E-state index contributed by atoms with van der Waals surface area (Å²) in [7, 11) is 0. The largest absolute Gasteiger partial charge is 0.411 e. The third-order valence-electron chi connectivity index (χ3n) is 0.425. The van der Waals surface area contributed by atoms with Crippen LogP contribution in [0.25, 0.3) is 0 Å². The van der Waals surface area contributed by atoms with E-state index >= 15 is 0 Å². The maximum Gasteiger partial charge on any atom is 0.314 e. The van der Waals surface area contributed by atoms with Gasteiger partial charge in [-0.05, 0) is 0 Å². The van der Waals surface area contributed by atoms with Gasteiger partial charge >= 0.3 is 5.92 Å². The molecule has 2 nitrogen and oxygen atoms in total. The Hall–Kier alpha value is -0.740. The molecule has 0 amide bonds. The molecule has 0 aliphatic rings. The molecule has 0 aromatic rings. The Labute approximate surface area is 43.6 Å². The minimum Gasteiger partial charge on any atom is -0.411 e. The fourth-order valence-electron chi connectivity index (χ4n) is 0.119. The average molecular weight is 127 g/mol. The second-order valence-electron chi connectivity index (χ2n) is 1.14. The molecular weight excluding hydrogens is 123 g/mol. The molecule has 0 saturated heterocycles. The maximum absolute atomic E-state index is 11.5. The number of hydrogen-bond donors (Lipinski definition) is 1. The first kappa shape index (κ1) is 7.26. The Kier molecular flexibility index (Phi) is 2.30. The van der Waals surface area contributed by atoms with Crippen molar-refractivity contribution in [3.8, 4) is 0 Å². The zero-order valence-electron chi connectivity index (χ0n) is 3.81. The second-order valence-corrected chi connectivity index (χ2v) is 1.14. The van der Waals surface area contributed by atoms with Crippen LogP contribution in [0, 0.1) is 0 Å². The first-order valence-corrected chi connectivity index (χ1v) is 1.75. The average Bonchev–Trinajstić information content (AvgIpc) is 1.67. The lowest BCUT2D eigenvalue weighted by Gasteiger charge is -2.00. The number of nitrogens with zero attached hydrogens (tertiary/aromatic N) is 1. The molecule has 0 radical (unpaired) electrons. The predicted molar refractivity (Wildman–Crippen MR) is 21.2 cm³/mol. The third kappa shape index (κ3) is 2.44. The van der Waals surface area contributed by atoms with Gasteiger partial charge in [-0.1, -0.05) is 5.16 Å². The van der Waals surface area contributed by atoms with Gasteiger partial charge in [0.2, 0.25) is 0 Å². The molecule has 0 aromatic heterocycles. The van der Waals surface area contributed by atoms with E-state index in [2.05, 4.69) is 0 Å².